The summed E-state index contributed by atoms with van der Waals surface area (Å²) in [4.78, 5) is 12.9. The van der Waals surface area contributed by atoms with Gasteiger partial charge in [-0.15, -0.1) is 5.11 Å². The van der Waals surface area contributed by atoms with Gasteiger partial charge in [-0.2, -0.15) is 5.11 Å². The van der Waals surface area contributed by atoms with Crippen molar-refractivity contribution < 1.29 is 4.79 Å². The highest BCUT2D eigenvalue weighted by Crippen LogP contribution is 2.66. The Morgan fingerprint density at radius 1 is 1.05 bits per heavy atom. The van der Waals surface area contributed by atoms with E-state index < -0.39 is 0 Å². The van der Waals surface area contributed by atoms with Crippen LogP contribution in [0.5, 0.6) is 0 Å². The van der Waals surface area contributed by atoms with Crippen LogP contribution in [0.2, 0.25) is 0 Å². The normalized spacial score (nSPS) is 31.0. The zero-order valence-electron chi connectivity index (χ0n) is 13.3. The van der Waals surface area contributed by atoms with Gasteiger partial charge >= 0.3 is 0 Å². The van der Waals surface area contributed by atoms with E-state index >= 15 is 0 Å². The standard InChI is InChI=1S/C17H23N3O/c1-15(2)5-11-13(12(21)6-15)17(8-16(3,4)9-17)10-7-18-20-14(10)19-11/h19H,5-9H2,1-4H3. The second kappa shape index (κ2) is 3.65. The van der Waals surface area contributed by atoms with Gasteiger partial charge in [-0.1, -0.05) is 27.7 Å². The molecule has 0 aromatic heterocycles. The number of azo groups is 1. The highest BCUT2D eigenvalue weighted by atomic mass is 16.1. The topological polar surface area (TPSA) is 53.8 Å². The smallest absolute Gasteiger partial charge is 0.162 e. The maximum Gasteiger partial charge on any atom is 0.162 e. The monoisotopic (exact) mass is 285 g/mol. The summed E-state index contributed by atoms with van der Waals surface area (Å²) in [5, 5.41) is 11.9. The van der Waals surface area contributed by atoms with Gasteiger partial charge in [-0.25, -0.2) is 0 Å². The lowest BCUT2D eigenvalue weighted by Gasteiger charge is -2.58. The Hall–Kier alpha value is -1.45. The summed E-state index contributed by atoms with van der Waals surface area (Å²) in [5.41, 5.74) is 3.71. The molecule has 0 radical (unpaired) electrons. The molecule has 4 rings (SSSR count). The van der Waals surface area contributed by atoms with Gasteiger partial charge < -0.3 is 5.32 Å². The number of carbonyl (C=O) groups is 1. The van der Waals surface area contributed by atoms with Crippen LogP contribution in [0.4, 0.5) is 0 Å². The Morgan fingerprint density at radius 2 is 1.76 bits per heavy atom. The highest BCUT2D eigenvalue weighted by Gasteiger charge is 2.59. The van der Waals surface area contributed by atoms with E-state index in [1.165, 1.54) is 5.57 Å². The fraction of sp³-hybridized carbons (Fsp3) is 0.706. The molecule has 0 atom stereocenters. The number of dihydropyridines is 1. The SMILES string of the molecule is CC1(C)CC(=O)C2=C(C1)NC1=C(CN=N1)C21CC(C)(C)C1. The third-order valence-electron chi connectivity index (χ3n) is 5.45. The third-order valence-corrected chi connectivity index (χ3v) is 5.45. The van der Waals surface area contributed by atoms with Gasteiger partial charge in [0.1, 0.15) is 0 Å². The lowest BCUT2D eigenvalue weighted by atomic mass is 9.46. The number of Topliss-reactive ketones (excluding diaryl/α,β-unsaturated/α-hetero) is 1. The molecule has 0 amide bonds. The molecule has 1 fully saturated rings. The Kier molecular flexibility index (Phi) is 2.30. The molecule has 1 spiro atoms. The first-order chi connectivity index (χ1) is 9.73. The Morgan fingerprint density at radius 3 is 2.43 bits per heavy atom. The predicted octanol–water partition coefficient (Wildman–Crippen LogP) is 3.72. The number of ketones is 1. The van der Waals surface area contributed by atoms with Gasteiger partial charge in [0.25, 0.3) is 0 Å². The van der Waals surface area contributed by atoms with Gasteiger partial charge in [0.05, 0.1) is 6.54 Å². The van der Waals surface area contributed by atoms with Gasteiger partial charge in [0.15, 0.2) is 11.6 Å². The molecule has 2 aliphatic carbocycles. The summed E-state index contributed by atoms with van der Waals surface area (Å²) in [5.74, 6) is 1.26. The molecule has 1 N–H and O–H groups in total. The summed E-state index contributed by atoms with van der Waals surface area (Å²) in [6.45, 7) is 9.59. The van der Waals surface area contributed by atoms with Gasteiger partial charge in [0, 0.05) is 28.7 Å². The molecular weight excluding hydrogens is 262 g/mol. The predicted molar refractivity (Wildman–Crippen MR) is 80.4 cm³/mol. The van der Waals surface area contributed by atoms with Crippen LogP contribution in [-0.2, 0) is 4.79 Å². The third kappa shape index (κ3) is 1.71. The van der Waals surface area contributed by atoms with E-state index in [-0.39, 0.29) is 10.8 Å². The molecule has 2 heterocycles. The highest BCUT2D eigenvalue weighted by molar-refractivity contribution is 6.00. The lowest BCUT2D eigenvalue weighted by molar-refractivity contribution is -0.121. The van der Waals surface area contributed by atoms with Crippen molar-refractivity contribution in [3.63, 3.8) is 0 Å². The molecule has 0 saturated heterocycles. The molecule has 21 heavy (non-hydrogen) atoms. The van der Waals surface area contributed by atoms with Crippen LogP contribution in [0, 0.1) is 16.2 Å². The van der Waals surface area contributed by atoms with Crippen LogP contribution >= 0.6 is 0 Å². The molecular formula is C17H23N3O. The second-order valence-corrected chi connectivity index (χ2v) is 8.75. The minimum Gasteiger partial charge on any atom is -0.342 e. The number of carbonyl (C=O) groups excluding carboxylic acids is 1. The largest absolute Gasteiger partial charge is 0.342 e. The van der Waals surface area contributed by atoms with Crippen LogP contribution < -0.4 is 5.32 Å². The summed E-state index contributed by atoms with van der Waals surface area (Å²) in [7, 11) is 0. The van der Waals surface area contributed by atoms with Crippen LogP contribution in [0.3, 0.4) is 0 Å². The number of hydrogen-bond donors (Lipinski definition) is 1. The van der Waals surface area contributed by atoms with E-state index in [9.17, 15) is 4.79 Å². The van der Waals surface area contributed by atoms with Gasteiger partial charge in [0.2, 0.25) is 0 Å². The maximum atomic E-state index is 12.9. The number of nitrogens with zero attached hydrogens (tertiary/aromatic N) is 2. The molecule has 4 aliphatic rings. The molecule has 2 aliphatic heterocycles. The van der Waals surface area contributed by atoms with Gasteiger partial charge in [-0.3, -0.25) is 4.79 Å². The minimum atomic E-state index is -0.0729. The zero-order chi connectivity index (χ0) is 15.0. The second-order valence-electron chi connectivity index (χ2n) is 8.75. The Labute approximate surface area is 125 Å². The van der Waals surface area contributed by atoms with Crippen molar-refractivity contribution >= 4 is 5.78 Å². The minimum absolute atomic E-state index is 0.0389. The van der Waals surface area contributed by atoms with Gasteiger partial charge in [-0.05, 0) is 30.1 Å². The van der Waals surface area contributed by atoms with Crippen molar-refractivity contribution in [1.82, 2.24) is 5.32 Å². The number of nitrogens with one attached hydrogen (secondary N) is 1. The van der Waals surface area contributed by atoms with Crippen molar-refractivity contribution in [2.24, 2.45) is 26.5 Å². The molecule has 0 aromatic carbocycles. The van der Waals surface area contributed by atoms with Crippen molar-refractivity contribution in [1.29, 1.82) is 0 Å². The fourth-order valence-electron chi connectivity index (χ4n) is 5.04. The number of hydrogen-bond acceptors (Lipinski definition) is 4. The molecule has 112 valence electrons. The van der Waals surface area contributed by atoms with E-state index in [0.717, 1.165) is 36.4 Å². The summed E-state index contributed by atoms with van der Waals surface area (Å²) in [6, 6.07) is 0. The van der Waals surface area contributed by atoms with E-state index in [4.69, 9.17) is 0 Å². The van der Waals surface area contributed by atoms with E-state index in [2.05, 4.69) is 43.2 Å². The fourth-order valence-corrected chi connectivity index (χ4v) is 5.04. The summed E-state index contributed by atoms with van der Waals surface area (Å²) < 4.78 is 0. The van der Waals surface area contributed by atoms with Crippen LogP contribution in [-0.4, -0.2) is 12.3 Å². The van der Waals surface area contributed by atoms with Crippen molar-refractivity contribution in [2.45, 2.75) is 53.4 Å². The number of rotatable bonds is 0. The molecule has 1 saturated carbocycles. The number of fused-ring (bicyclic) bond motifs is 2. The summed E-state index contributed by atoms with van der Waals surface area (Å²) >= 11 is 0. The molecule has 0 aromatic rings. The zero-order valence-corrected chi connectivity index (χ0v) is 13.3. The summed E-state index contributed by atoms with van der Waals surface area (Å²) in [6.07, 6.45) is 3.70. The quantitative estimate of drug-likeness (QED) is 0.737. The average Bonchev–Trinajstić information content (AvgIpc) is 2.71. The lowest BCUT2D eigenvalue weighted by Crippen LogP contribution is -2.53. The molecule has 0 unspecified atom stereocenters. The van der Waals surface area contributed by atoms with Crippen LogP contribution in [0.1, 0.15) is 53.4 Å². The van der Waals surface area contributed by atoms with Crippen LogP contribution in [0.25, 0.3) is 0 Å². The van der Waals surface area contributed by atoms with E-state index in [0.29, 0.717) is 24.2 Å². The van der Waals surface area contributed by atoms with Crippen molar-refractivity contribution in [3.05, 3.63) is 22.7 Å². The molecule has 4 nitrogen and oxygen atoms in total. The first-order valence-electron chi connectivity index (χ1n) is 7.88. The first-order valence-corrected chi connectivity index (χ1v) is 7.88. The van der Waals surface area contributed by atoms with Crippen LogP contribution in [0.15, 0.2) is 32.9 Å². The first kappa shape index (κ1) is 13.2. The number of allylic oxidation sites excluding steroid dienone is 2. The molecule has 4 heteroatoms. The average molecular weight is 285 g/mol. The van der Waals surface area contributed by atoms with Crippen molar-refractivity contribution in [2.75, 3.05) is 6.54 Å². The van der Waals surface area contributed by atoms with E-state index in [1.54, 1.807) is 0 Å². The Balaban J connectivity index is 1.84. The molecule has 0 bridgehead atoms. The maximum absolute atomic E-state index is 12.9. The Bertz CT molecular complexity index is 641. The van der Waals surface area contributed by atoms with Crippen molar-refractivity contribution in [3.8, 4) is 0 Å². The van der Waals surface area contributed by atoms with E-state index in [1.807, 2.05) is 0 Å².